The first kappa shape index (κ1) is 18.2. The lowest BCUT2D eigenvalue weighted by Gasteiger charge is -2.26. The Morgan fingerprint density at radius 2 is 1.86 bits per heavy atom. The average molecular weight is 306 g/mol. The lowest BCUT2D eigenvalue weighted by atomic mass is 9.80. The number of nitrogens with one attached hydrogen (secondary N) is 1. The van der Waals surface area contributed by atoms with Gasteiger partial charge in [-0.1, -0.05) is 32.9 Å². The Bertz CT molecular complexity index is 560. The van der Waals surface area contributed by atoms with E-state index in [1.54, 1.807) is 20.8 Å². The van der Waals surface area contributed by atoms with Gasteiger partial charge in [-0.25, -0.2) is 0 Å². The number of carbonyl (C=O) groups is 2. The lowest BCUT2D eigenvalue weighted by molar-refractivity contribution is -0.149. The zero-order chi connectivity index (χ0) is 17.1. The van der Waals surface area contributed by atoms with Crippen molar-refractivity contribution in [2.45, 2.75) is 34.2 Å². The Morgan fingerprint density at radius 1 is 1.27 bits per heavy atom. The molecule has 0 aliphatic carbocycles. The van der Waals surface area contributed by atoms with Crippen molar-refractivity contribution in [2.24, 2.45) is 11.3 Å². The molecule has 1 aromatic rings. The van der Waals surface area contributed by atoms with E-state index in [9.17, 15) is 14.7 Å². The number of amides is 1. The van der Waals surface area contributed by atoms with Crippen LogP contribution in [0, 0.1) is 18.3 Å². The zero-order valence-electron chi connectivity index (χ0n) is 14.2. The molecule has 1 atom stereocenters. The maximum atomic E-state index is 12.4. The number of hydrogen-bond donors (Lipinski definition) is 2. The highest BCUT2D eigenvalue weighted by molar-refractivity contribution is 6.05. The van der Waals surface area contributed by atoms with Crippen LogP contribution in [0.15, 0.2) is 18.2 Å². The van der Waals surface area contributed by atoms with Crippen molar-refractivity contribution in [3.05, 3.63) is 29.3 Å². The number of carbonyl (C=O) groups excluding carboxylic acids is 1. The van der Waals surface area contributed by atoms with Crippen LogP contribution in [-0.2, 0) is 16.1 Å². The van der Waals surface area contributed by atoms with Crippen molar-refractivity contribution < 1.29 is 14.7 Å². The van der Waals surface area contributed by atoms with E-state index in [-0.39, 0.29) is 0 Å². The van der Waals surface area contributed by atoms with Crippen LogP contribution in [0.25, 0.3) is 0 Å². The molecule has 0 saturated heterocycles. The van der Waals surface area contributed by atoms with Crippen LogP contribution in [-0.4, -0.2) is 36.0 Å². The van der Waals surface area contributed by atoms with Gasteiger partial charge in [0.1, 0.15) is 5.92 Å². The number of aliphatic carboxylic acids is 1. The Kier molecular flexibility index (Phi) is 5.72. The van der Waals surface area contributed by atoms with Crippen LogP contribution in [0.5, 0.6) is 0 Å². The third-order valence-electron chi connectivity index (χ3n) is 3.43. The molecule has 0 spiro atoms. The van der Waals surface area contributed by atoms with Gasteiger partial charge in [-0.3, -0.25) is 9.59 Å². The fourth-order valence-corrected chi connectivity index (χ4v) is 2.35. The molecule has 0 aliphatic heterocycles. The third kappa shape index (κ3) is 4.84. The van der Waals surface area contributed by atoms with E-state index in [0.29, 0.717) is 5.69 Å². The summed E-state index contributed by atoms with van der Waals surface area (Å²) in [5, 5.41) is 12.1. The first-order chi connectivity index (χ1) is 10.0. The molecule has 0 radical (unpaired) electrons. The first-order valence-electron chi connectivity index (χ1n) is 7.30. The van der Waals surface area contributed by atoms with Crippen LogP contribution in [0.1, 0.15) is 31.9 Å². The van der Waals surface area contributed by atoms with Crippen LogP contribution < -0.4 is 5.32 Å². The molecule has 122 valence electrons. The van der Waals surface area contributed by atoms with Crippen molar-refractivity contribution >= 4 is 17.6 Å². The second-order valence-electron chi connectivity index (χ2n) is 7.01. The van der Waals surface area contributed by atoms with Gasteiger partial charge in [-0.05, 0) is 43.6 Å². The van der Waals surface area contributed by atoms with Gasteiger partial charge in [-0.2, -0.15) is 0 Å². The third-order valence-corrected chi connectivity index (χ3v) is 3.43. The molecule has 1 rings (SSSR count). The quantitative estimate of drug-likeness (QED) is 0.821. The fourth-order valence-electron chi connectivity index (χ4n) is 2.35. The van der Waals surface area contributed by atoms with Crippen molar-refractivity contribution in [1.82, 2.24) is 4.90 Å². The minimum absolute atomic E-state index is 0.481. The number of benzene rings is 1. The number of rotatable bonds is 5. The number of carboxylic acids is 1. The molecule has 0 saturated carbocycles. The molecule has 0 fully saturated rings. The van der Waals surface area contributed by atoms with Crippen LogP contribution in [0.4, 0.5) is 5.69 Å². The van der Waals surface area contributed by atoms with Crippen LogP contribution in [0.3, 0.4) is 0 Å². The maximum Gasteiger partial charge on any atom is 0.316 e. The molecule has 1 amide bonds. The van der Waals surface area contributed by atoms with E-state index < -0.39 is 23.2 Å². The van der Waals surface area contributed by atoms with Gasteiger partial charge < -0.3 is 15.3 Å². The highest BCUT2D eigenvalue weighted by atomic mass is 16.4. The number of anilines is 1. The van der Waals surface area contributed by atoms with E-state index >= 15 is 0 Å². The molecule has 0 heterocycles. The minimum Gasteiger partial charge on any atom is -0.481 e. The van der Waals surface area contributed by atoms with E-state index in [1.165, 1.54) is 0 Å². The summed E-state index contributed by atoms with van der Waals surface area (Å²) in [7, 11) is 3.94. The van der Waals surface area contributed by atoms with Gasteiger partial charge in [0.2, 0.25) is 5.91 Å². The second-order valence-corrected chi connectivity index (χ2v) is 7.01. The SMILES string of the molecule is Cc1ccc(CN(C)C)cc1NC(=O)C(C(=O)O)C(C)(C)C. The van der Waals surface area contributed by atoms with Gasteiger partial charge in [0.05, 0.1) is 0 Å². The summed E-state index contributed by atoms with van der Waals surface area (Å²) in [4.78, 5) is 25.8. The number of carboxylic acid groups (broad SMARTS) is 1. The average Bonchev–Trinajstić information content (AvgIpc) is 2.30. The van der Waals surface area contributed by atoms with Crippen molar-refractivity contribution in [3.63, 3.8) is 0 Å². The summed E-state index contributed by atoms with van der Waals surface area (Å²) in [6.45, 7) is 7.90. The molecular formula is C17H26N2O3. The van der Waals surface area contributed by atoms with Gasteiger partial charge in [-0.15, -0.1) is 0 Å². The topological polar surface area (TPSA) is 69.6 Å². The lowest BCUT2D eigenvalue weighted by Crippen LogP contribution is -2.39. The monoisotopic (exact) mass is 306 g/mol. The molecule has 0 bridgehead atoms. The number of hydrogen-bond acceptors (Lipinski definition) is 3. The number of aryl methyl sites for hydroxylation is 1. The van der Waals surface area contributed by atoms with E-state index in [2.05, 4.69) is 5.32 Å². The van der Waals surface area contributed by atoms with Gasteiger partial charge in [0.25, 0.3) is 0 Å². The molecular weight excluding hydrogens is 280 g/mol. The molecule has 22 heavy (non-hydrogen) atoms. The summed E-state index contributed by atoms with van der Waals surface area (Å²) in [5.74, 6) is -2.68. The normalized spacial score (nSPS) is 13.0. The Balaban J connectivity index is 3.02. The van der Waals surface area contributed by atoms with Gasteiger partial charge >= 0.3 is 5.97 Å². The Labute approximate surface area is 132 Å². The molecule has 5 heteroatoms. The molecule has 1 aromatic carbocycles. The first-order valence-corrected chi connectivity index (χ1v) is 7.30. The molecule has 5 nitrogen and oxygen atoms in total. The van der Waals surface area contributed by atoms with E-state index in [4.69, 9.17) is 0 Å². The highest BCUT2D eigenvalue weighted by Gasteiger charge is 2.37. The van der Waals surface area contributed by atoms with Crippen molar-refractivity contribution in [1.29, 1.82) is 0 Å². The summed E-state index contributed by atoms with van der Waals surface area (Å²) in [6.07, 6.45) is 0. The summed E-state index contributed by atoms with van der Waals surface area (Å²) < 4.78 is 0. The molecule has 0 aliphatic rings. The van der Waals surface area contributed by atoms with Crippen molar-refractivity contribution in [2.75, 3.05) is 19.4 Å². The minimum atomic E-state index is -1.10. The second kappa shape index (κ2) is 6.92. The smallest absolute Gasteiger partial charge is 0.316 e. The summed E-state index contributed by atoms with van der Waals surface area (Å²) in [6, 6.07) is 5.83. The molecule has 2 N–H and O–H groups in total. The zero-order valence-corrected chi connectivity index (χ0v) is 14.2. The van der Waals surface area contributed by atoms with E-state index in [1.807, 2.05) is 44.1 Å². The van der Waals surface area contributed by atoms with E-state index in [0.717, 1.165) is 17.7 Å². The standard InChI is InChI=1S/C17H26N2O3/c1-11-7-8-12(10-19(5)6)9-13(11)18-15(20)14(16(21)22)17(2,3)4/h7-9,14H,10H2,1-6H3,(H,18,20)(H,21,22). The van der Waals surface area contributed by atoms with Gasteiger partial charge in [0, 0.05) is 12.2 Å². The predicted molar refractivity (Wildman–Crippen MR) is 87.8 cm³/mol. The Morgan fingerprint density at radius 3 is 2.32 bits per heavy atom. The maximum absolute atomic E-state index is 12.4. The van der Waals surface area contributed by atoms with Crippen LogP contribution >= 0.6 is 0 Å². The number of nitrogens with zero attached hydrogens (tertiary/aromatic N) is 1. The van der Waals surface area contributed by atoms with Crippen molar-refractivity contribution in [3.8, 4) is 0 Å². The Hall–Kier alpha value is -1.88. The summed E-state index contributed by atoms with van der Waals surface area (Å²) >= 11 is 0. The molecule has 0 aromatic heterocycles. The largest absolute Gasteiger partial charge is 0.481 e. The fraction of sp³-hybridized carbons (Fsp3) is 0.529. The molecule has 1 unspecified atom stereocenters. The van der Waals surface area contributed by atoms with Gasteiger partial charge in [0.15, 0.2) is 0 Å². The highest BCUT2D eigenvalue weighted by Crippen LogP contribution is 2.28. The van der Waals surface area contributed by atoms with Crippen LogP contribution in [0.2, 0.25) is 0 Å². The predicted octanol–water partition coefficient (Wildman–Crippen LogP) is 2.74. The summed E-state index contributed by atoms with van der Waals surface area (Å²) in [5.41, 5.74) is 1.99.